The fourth-order valence-corrected chi connectivity index (χ4v) is 6.46. The molecule has 8 aromatic rings. The number of fused-ring (bicyclic) bond motifs is 6. The van der Waals surface area contributed by atoms with Gasteiger partial charge in [0.1, 0.15) is 0 Å². The van der Waals surface area contributed by atoms with Crippen LogP contribution in [0.25, 0.3) is 76.5 Å². The molecule has 8 rings (SSSR count). The topological polar surface area (TPSA) is 0 Å². The van der Waals surface area contributed by atoms with Crippen LogP contribution in [0.4, 0.5) is 0 Å². The van der Waals surface area contributed by atoms with Gasteiger partial charge in [-0.05, 0) is 76.5 Å². The maximum Gasteiger partial charge on any atom is -0.00204 e. The van der Waals surface area contributed by atoms with Crippen molar-refractivity contribution in [2.75, 3.05) is 0 Å². The average Bonchev–Trinajstić information content (AvgIpc) is 3.04. The molecule has 0 saturated heterocycles. The van der Waals surface area contributed by atoms with Gasteiger partial charge in [0.15, 0.2) is 0 Å². The Kier molecular flexibility index (Phi) is 5.24. The lowest BCUT2D eigenvalue weighted by molar-refractivity contribution is 1.59. The first-order chi connectivity index (χ1) is 19.9. The van der Waals surface area contributed by atoms with Crippen LogP contribution >= 0.6 is 0 Å². The van der Waals surface area contributed by atoms with Gasteiger partial charge in [-0.1, -0.05) is 158 Å². The van der Waals surface area contributed by atoms with Gasteiger partial charge in [-0.2, -0.15) is 0 Å². The van der Waals surface area contributed by atoms with E-state index in [0.717, 1.165) is 0 Å². The van der Waals surface area contributed by atoms with Gasteiger partial charge >= 0.3 is 0 Å². The molecule has 0 unspecified atom stereocenters. The molecule has 0 nitrogen and oxygen atoms in total. The molecule has 186 valence electrons. The first kappa shape index (κ1) is 22.8. The Morgan fingerprint density at radius 1 is 0.225 bits per heavy atom. The summed E-state index contributed by atoms with van der Waals surface area (Å²) in [5, 5.41) is 10.2. The van der Waals surface area contributed by atoms with Crippen molar-refractivity contribution in [1.29, 1.82) is 0 Å². The molecule has 0 N–H and O–H groups in total. The van der Waals surface area contributed by atoms with Crippen molar-refractivity contribution in [3.63, 3.8) is 0 Å². The number of hydrogen-bond donors (Lipinski definition) is 0. The highest BCUT2D eigenvalue weighted by atomic mass is 14.2. The molecule has 0 heterocycles. The Morgan fingerprint density at radius 3 is 1.38 bits per heavy atom. The summed E-state index contributed by atoms with van der Waals surface area (Å²) in [6.45, 7) is 0. The summed E-state index contributed by atoms with van der Waals surface area (Å²) in [6.07, 6.45) is 0. The summed E-state index contributed by atoms with van der Waals surface area (Å²) in [7, 11) is 0. The fourth-order valence-electron chi connectivity index (χ4n) is 6.46. The smallest absolute Gasteiger partial charge is 0.00204 e. The van der Waals surface area contributed by atoms with Crippen LogP contribution in [-0.4, -0.2) is 0 Å². The quantitative estimate of drug-likeness (QED) is 0.209. The minimum absolute atomic E-state index is 1.22. The molecule has 0 spiro atoms. The minimum atomic E-state index is 1.22. The first-order valence-electron chi connectivity index (χ1n) is 13.9. The zero-order chi connectivity index (χ0) is 26.5. The molecule has 8 aromatic carbocycles. The Labute approximate surface area is 233 Å². The lowest BCUT2D eigenvalue weighted by Gasteiger charge is -2.20. The predicted octanol–water partition coefficient (Wildman–Crippen LogP) is 11.3. The second-order valence-electron chi connectivity index (χ2n) is 10.5. The predicted molar refractivity (Wildman–Crippen MR) is 173 cm³/mol. The summed E-state index contributed by atoms with van der Waals surface area (Å²) in [6, 6.07) is 57.6. The molecule has 0 aliphatic carbocycles. The highest BCUT2D eigenvalue weighted by molar-refractivity contribution is 6.17. The van der Waals surface area contributed by atoms with Crippen LogP contribution in [0.2, 0.25) is 0 Å². The molecular weight excluding hydrogens is 480 g/mol. The second kappa shape index (κ2) is 9.22. The Hall–Kier alpha value is -5.20. The van der Waals surface area contributed by atoms with Crippen molar-refractivity contribution in [3.8, 4) is 33.4 Å². The third-order valence-electron chi connectivity index (χ3n) is 8.28. The fraction of sp³-hybridized carbons (Fsp3) is 0. The van der Waals surface area contributed by atoms with Crippen LogP contribution in [0.3, 0.4) is 0 Å². The standard InChI is InChI=1S/C40H26/c1-2-11-27(12-3-1)32-17-8-21-38(35-20-9-18-33-30-15-6-4-13-28(30)23-25-36(33)35)40(32)39-22-10-19-34-31-16-7-5-14-29(31)24-26-37(34)39/h1-26H. The number of rotatable bonds is 3. The summed E-state index contributed by atoms with van der Waals surface area (Å²) in [4.78, 5) is 0. The minimum Gasteiger partial charge on any atom is -0.0622 e. The van der Waals surface area contributed by atoms with Crippen molar-refractivity contribution in [2.24, 2.45) is 0 Å². The Morgan fingerprint density at radius 2 is 0.700 bits per heavy atom. The van der Waals surface area contributed by atoms with E-state index in [1.165, 1.54) is 76.5 Å². The molecule has 0 amide bonds. The molecule has 0 saturated carbocycles. The van der Waals surface area contributed by atoms with E-state index < -0.39 is 0 Å². The maximum absolute atomic E-state index is 2.30. The van der Waals surface area contributed by atoms with E-state index in [9.17, 15) is 0 Å². The van der Waals surface area contributed by atoms with Crippen LogP contribution in [0.15, 0.2) is 158 Å². The van der Waals surface area contributed by atoms with E-state index in [1.54, 1.807) is 0 Å². The third kappa shape index (κ3) is 3.54. The monoisotopic (exact) mass is 506 g/mol. The third-order valence-corrected chi connectivity index (χ3v) is 8.28. The van der Waals surface area contributed by atoms with E-state index in [1.807, 2.05) is 0 Å². The number of hydrogen-bond acceptors (Lipinski definition) is 0. The SMILES string of the molecule is c1ccc(-c2cccc(-c3cccc4c3ccc3ccccc34)c2-c2cccc3c2ccc2ccccc23)cc1. The van der Waals surface area contributed by atoms with Gasteiger partial charge in [0.25, 0.3) is 0 Å². The number of benzene rings is 8. The molecular formula is C40H26. The van der Waals surface area contributed by atoms with Gasteiger partial charge in [-0.25, -0.2) is 0 Å². The van der Waals surface area contributed by atoms with Gasteiger partial charge in [-0.3, -0.25) is 0 Å². The van der Waals surface area contributed by atoms with E-state index in [4.69, 9.17) is 0 Å². The molecule has 0 fully saturated rings. The second-order valence-corrected chi connectivity index (χ2v) is 10.5. The van der Waals surface area contributed by atoms with Gasteiger partial charge in [0.05, 0.1) is 0 Å². The zero-order valence-electron chi connectivity index (χ0n) is 22.0. The molecule has 0 atom stereocenters. The summed E-state index contributed by atoms with van der Waals surface area (Å²) < 4.78 is 0. The van der Waals surface area contributed by atoms with Gasteiger partial charge in [0, 0.05) is 0 Å². The molecule has 0 aromatic heterocycles. The van der Waals surface area contributed by atoms with Crippen molar-refractivity contribution in [1.82, 2.24) is 0 Å². The van der Waals surface area contributed by atoms with Gasteiger partial charge in [-0.15, -0.1) is 0 Å². The first-order valence-corrected chi connectivity index (χ1v) is 13.9. The lowest BCUT2D eigenvalue weighted by Crippen LogP contribution is -1.93. The Bertz CT molecular complexity index is 2200. The van der Waals surface area contributed by atoms with Crippen LogP contribution in [-0.2, 0) is 0 Å². The van der Waals surface area contributed by atoms with Crippen LogP contribution in [0.1, 0.15) is 0 Å². The van der Waals surface area contributed by atoms with Gasteiger partial charge < -0.3 is 0 Å². The molecule has 0 aliphatic rings. The summed E-state index contributed by atoms with van der Waals surface area (Å²) in [5.41, 5.74) is 7.52. The largest absolute Gasteiger partial charge is 0.0622 e. The lowest BCUT2D eigenvalue weighted by atomic mass is 9.83. The van der Waals surface area contributed by atoms with Crippen molar-refractivity contribution in [3.05, 3.63) is 158 Å². The van der Waals surface area contributed by atoms with Crippen molar-refractivity contribution >= 4 is 43.1 Å². The van der Waals surface area contributed by atoms with Crippen LogP contribution in [0, 0.1) is 0 Å². The van der Waals surface area contributed by atoms with Crippen LogP contribution in [0.5, 0.6) is 0 Å². The van der Waals surface area contributed by atoms with E-state index in [2.05, 4.69) is 158 Å². The van der Waals surface area contributed by atoms with E-state index >= 15 is 0 Å². The van der Waals surface area contributed by atoms with E-state index in [-0.39, 0.29) is 0 Å². The molecule has 0 bridgehead atoms. The van der Waals surface area contributed by atoms with Gasteiger partial charge in [0.2, 0.25) is 0 Å². The molecule has 0 heteroatoms. The highest BCUT2D eigenvalue weighted by Gasteiger charge is 2.18. The Balaban J connectivity index is 1.50. The van der Waals surface area contributed by atoms with E-state index in [0.29, 0.717) is 0 Å². The van der Waals surface area contributed by atoms with Crippen molar-refractivity contribution in [2.45, 2.75) is 0 Å². The average molecular weight is 507 g/mol. The maximum atomic E-state index is 2.30. The summed E-state index contributed by atoms with van der Waals surface area (Å²) in [5.74, 6) is 0. The summed E-state index contributed by atoms with van der Waals surface area (Å²) >= 11 is 0. The van der Waals surface area contributed by atoms with Crippen molar-refractivity contribution < 1.29 is 0 Å². The molecule has 0 radical (unpaired) electrons. The highest BCUT2D eigenvalue weighted by Crippen LogP contribution is 2.45. The molecule has 0 aliphatic heterocycles. The van der Waals surface area contributed by atoms with Crippen LogP contribution < -0.4 is 0 Å². The molecule has 40 heavy (non-hydrogen) atoms. The normalized spacial score (nSPS) is 11.5. The zero-order valence-corrected chi connectivity index (χ0v) is 22.0.